The van der Waals surface area contributed by atoms with E-state index in [9.17, 15) is 19.2 Å². The fraction of sp³-hybridized carbons (Fsp3) is 0.594. The van der Waals surface area contributed by atoms with Gasteiger partial charge < -0.3 is 29.3 Å². The van der Waals surface area contributed by atoms with Gasteiger partial charge in [0, 0.05) is 56.8 Å². The van der Waals surface area contributed by atoms with Crippen LogP contribution < -0.4 is 5.32 Å². The number of hydrogen-bond donors (Lipinski definition) is 1. The van der Waals surface area contributed by atoms with Crippen molar-refractivity contribution in [2.45, 2.75) is 77.9 Å². The Morgan fingerprint density at radius 2 is 1.68 bits per heavy atom. The van der Waals surface area contributed by atoms with E-state index in [-0.39, 0.29) is 43.6 Å². The molecule has 0 spiro atoms. The highest BCUT2D eigenvalue weighted by Crippen LogP contribution is 2.29. The summed E-state index contributed by atoms with van der Waals surface area (Å²) in [5.41, 5.74) is 0.487. The molecule has 0 bridgehead atoms. The first-order valence-corrected chi connectivity index (χ1v) is 16.1. The summed E-state index contributed by atoms with van der Waals surface area (Å²) in [5.74, 6) is -1.25. The van der Waals surface area contributed by atoms with Crippen LogP contribution in [-0.2, 0) is 30.2 Å². The molecule has 0 saturated carbocycles. The van der Waals surface area contributed by atoms with Crippen molar-refractivity contribution >= 4 is 35.2 Å². The topological polar surface area (TPSA) is 127 Å². The van der Waals surface area contributed by atoms with Crippen LogP contribution in [-0.4, -0.2) is 96.8 Å². The zero-order valence-corrected chi connectivity index (χ0v) is 27.4. The Hall–Kier alpha value is -3.51. The standard InChI is InChI=1S/C32H46N4O7S/c1-6-7-22-42-31(40)36-19-17-35(18-20-36)30(39)24(15-16-26(37)43-32(2,3)4)33-28(38)27-25(14-11-21-41-5)44-29(34-27)23-12-9-8-10-13-23/h8-10,12-13,24H,6-7,11,14-22H2,1-5H3,(H,33,38). The van der Waals surface area contributed by atoms with Gasteiger partial charge >= 0.3 is 12.1 Å². The molecule has 1 saturated heterocycles. The second-order valence-electron chi connectivity index (χ2n) is 11.7. The lowest BCUT2D eigenvalue weighted by Crippen LogP contribution is -2.56. The summed E-state index contributed by atoms with van der Waals surface area (Å²) in [4.78, 5) is 61.1. The highest BCUT2D eigenvalue weighted by molar-refractivity contribution is 7.15. The summed E-state index contributed by atoms with van der Waals surface area (Å²) >= 11 is 1.44. The molecule has 44 heavy (non-hydrogen) atoms. The fourth-order valence-corrected chi connectivity index (χ4v) is 5.75. The van der Waals surface area contributed by atoms with Crippen LogP contribution in [0, 0.1) is 0 Å². The molecule has 0 aliphatic carbocycles. The van der Waals surface area contributed by atoms with Crippen LogP contribution in [0.5, 0.6) is 0 Å². The minimum Gasteiger partial charge on any atom is -0.460 e. The second kappa shape index (κ2) is 17.1. The number of rotatable bonds is 14. The number of esters is 1. The van der Waals surface area contributed by atoms with Crippen LogP contribution in [0.4, 0.5) is 4.79 Å². The summed E-state index contributed by atoms with van der Waals surface area (Å²) in [7, 11) is 1.63. The number of carbonyl (C=O) groups excluding carboxylic acids is 4. The number of piperazine rings is 1. The van der Waals surface area contributed by atoms with Gasteiger partial charge in [-0.15, -0.1) is 11.3 Å². The quantitative estimate of drug-likeness (QED) is 0.235. The molecule has 1 atom stereocenters. The van der Waals surface area contributed by atoms with Gasteiger partial charge in [-0.3, -0.25) is 14.4 Å². The van der Waals surface area contributed by atoms with E-state index in [1.807, 2.05) is 37.3 Å². The number of unbranched alkanes of at least 4 members (excludes halogenated alkanes) is 1. The second-order valence-corrected chi connectivity index (χ2v) is 12.8. The van der Waals surface area contributed by atoms with Gasteiger partial charge in [0.2, 0.25) is 5.91 Å². The summed E-state index contributed by atoms with van der Waals surface area (Å²) < 4.78 is 16.0. The van der Waals surface area contributed by atoms with Gasteiger partial charge in [0.25, 0.3) is 5.91 Å². The number of nitrogens with one attached hydrogen (secondary N) is 1. The van der Waals surface area contributed by atoms with E-state index >= 15 is 0 Å². The summed E-state index contributed by atoms with van der Waals surface area (Å²) in [5, 5.41) is 3.59. The molecule has 1 fully saturated rings. The maximum atomic E-state index is 13.8. The van der Waals surface area contributed by atoms with Crippen molar-refractivity contribution in [3.05, 3.63) is 40.9 Å². The number of methoxy groups -OCH3 is 1. The molecule has 1 N–H and O–H groups in total. The average Bonchev–Trinajstić information content (AvgIpc) is 3.43. The van der Waals surface area contributed by atoms with Crippen LogP contribution in [0.15, 0.2) is 30.3 Å². The predicted molar refractivity (Wildman–Crippen MR) is 168 cm³/mol. The first kappa shape index (κ1) is 35.0. The van der Waals surface area contributed by atoms with Crippen LogP contribution >= 0.6 is 11.3 Å². The molecule has 1 aliphatic rings. The molecule has 1 aromatic carbocycles. The van der Waals surface area contributed by atoms with E-state index in [1.165, 1.54) is 11.3 Å². The lowest BCUT2D eigenvalue weighted by Gasteiger charge is -2.36. The first-order chi connectivity index (χ1) is 21.0. The highest BCUT2D eigenvalue weighted by atomic mass is 32.1. The molecule has 3 amide bonds. The SMILES string of the molecule is CCCCOC(=O)N1CCN(C(=O)C(CCC(=O)OC(C)(C)C)NC(=O)c2nc(-c3ccccc3)sc2CCCOC)CC1. The van der Waals surface area contributed by atoms with Gasteiger partial charge in [-0.25, -0.2) is 9.78 Å². The minimum atomic E-state index is -0.980. The monoisotopic (exact) mass is 630 g/mol. The van der Waals surface area contributed by atoms with Crippen molar-refractivity contribution in [2.24, 2.45) is 0 Å². The smallest absolute Gasteiger partial charge is 0.409 e. The van der Waals surface area contributed by atoms with Crippen molar-refractivity contribution in [2.75, 3.05) is 46.5 Å². The molecule has 1 unspecified atom stereocenters. The summed E-state index contributed by atoms with van der Waals surface area (Å²) in [6.45, 7) is 9.47. The van der Waals surface area contributed by atoms with Crippen LogP contribution in [0.2, 0.25) is 0 Å². The fourth-order valence-electron chi connectivity index (χ4n) is 4.64. The lowest BCUT2D eigenvalue weighted by molar-refractivity contribution is -0.155. The number of ether oxygens (including phenoxy) is 3. The Bertz CT molecular complexity index is 1240. The van der Waals surface area contributed by atoms with E-state index in [0.717, 1.165) is 23.3 Å². The van der Waals surface area contributed by atoms with Gasteiger partial charge in [-0.1, -0.05) is 43.7 Å². The number of aryl methyl sites for hydroxylation is 1. The number of thiazole rings is 1. The molecule has 0 radical (unpaired) electrons. The molecule has 1 aliphatic heterocycles. The number of nitrogens with zero attached hydrogens (tertiary/aromatic N) is 3. The zero-order valence-electron chi connectivity index (χ0n) is 26.6. The van der Waals surface area contributed by atoms with E-state index in [1.54, 1.807) is 37.7 Å². The van der Waals surface area contributed by atoms with Gasteiger partial charge in [-0.05, 0) is 46.5 Å². The summed E-state index contributed by atoms with van der Waals surface area (Å²) in [6, 6.07) is 8.64. The van der Waals surface area contributed by atoms with Crippen molar-refractivity contribution in [1.82, 2.24) is 20.1 Å². The van der Waals surface area contributed by atoms with Crippen molar-refractivity contribution < 1.29 is 33.4 Å². The maximum Gasteiger partial charge on any atom is 0.409 e. The van der Waals surface area contributed by atoms with Crippen LogP contribution in [0.25, 0.3) is 10.6 Å². The Labute approximate surface area is 264 Å². The minimum absolute atomic E-state index is 0.0509. The molecule has 242 valence electrons. The third-order valence-corrected chi connectivity index (χ3v) is 8.08. The third-order valence-electron chi connectivity index (χ3n) is 6.92. The number of aromatic nitrogens is 1. The van der Waals surface area contributed by atoms with E-state index in [0.29, 0.717) is 44.2 Å². The van der Waals surface area contributed by atoms with E-state index in [4.69, 9.17) is 14.2 Å². The normalized spacial score (nSPS) is 14.2. The maximum absolute atomic E-state index is 13.8. The van der Waals surface area contributed by atoms with Gasteiger partial charge in [0.1, 0.15) is 22.3 Å². The Kier molecular flexibility index (Phi) is 13.6. The summed E-state index contributed by atoms with van der Waals surface area (Å²) in [6.07, 6.45) is 2.64. The van der Waals surface area contributed by atoms with Crippen molar-refractivity contribution in [3.63, 3.8) is 0 Å². The zero-order chi connectivity index (χ0) is 32.1. The third kappa shape index (κ3) is 10.9. The molecular weight excluding hydrogens is 584 g/mol. The predicted octanol–water partition coefficient (Wildman–Crippen LogP) is 4.69. The number of amides is 3. The Balaban J connectivity index is 1.77. The van der Waals surface area contributed by atoms with Crippen molar-refractivity contribution in [3.8, 4) is 10.6 Å². The van der Waals surface area contributed by atoms with Crippen LogP contribution in [0.1, 0.15) is 75.2 Å². The van der Waals surface area contributed by atoms with E-state index < -0.39 is 23.5 Å². The molecular formula is C32H46N4O7S. The Morgan fingerprint density at radius 3 is 2.32 bits per heavy atom. The van der Waals surface area contributed by atoms with Gasteiger partial charge in [0.05, 0.1) is 6.61 Å². The molecule has 2 heterocycles. The lowest BCUT2D eigenvalue weighted by atomic mass is 10.1. The van der Waals surface area contributed by atoms with Crippen molar-refractivity contribution in [1.29, 1.82) is 0 Å². The number of carbonyl (C=O) groups is 4. The molecule has 12 heteroatoms. The average molecular weight is 631 g/mol. The van der Waals surface area contributed by atoms with Gasteiger partial charge in [0.15, 0.2) is 0 Å². The van der Waals surface area contributed by atoms with Crippen LogP contribution in [0.3, 0.4) is 0 Å². The molecule has 2 aromatic rings. The molecule has 11 nitrogen and oxygen atoms in total. The van der Waals surface area contributed by atoms with Gasteiger partial charge in [-0.2, -0.15) is 0 Å². The highest BCUT2D eigenvalue weighted by Gasteiger charge is 2.32. The van der Waals surface area contributed by atoms with E-state index in [2.05, 4.69) is 10.3 Å². The Morgan fingerprint density at radius 1 is 1.00 bits per heavy atom. The number of benzene rings is 1. The largest absolute Gasteiger partial charge is 0.460 e. The first-order valence-electron chi connectivity index (χ1n) is 15.3. The molecule has 1 aromatic heterocycles. The number of hydrogen-bond acceptors (Lipinski definition) is 9. The molecule has 3 rings (SSSR count).